The van der Waals surface area contributed by atoms with Gasteiger partial charge in [0.05, 0.1) is 18.6 Å². The number of aliphatic hydroxyl groups is 2. The lowest BCUT2D eigenvalue weighted by molar-refractivity contribution is -0.157. The predicted molar refractivity (Wildman–Crippen MR) is 171 cm³/mol. The van der Waals surface area contributed by atoms with E-state index in [4.69, 9.17) is 4.74 Å². The summed E-state index contributed by atoms with van der Waals surface area (Å²) in [5, 5.41) is 30.0. The van der Waals surface area contributed by atoms with E-state index in [-0.39, 0.29) is 12.3 Å². The number of likely N-dealkylation sites (N-methyl/N-ethyl adjacent to an activating group) is 1. The van der Waals surface area contributed by atoms with E-state index in [1.807, 2.05) is 20.8 Å². The lowest BCUT2D eigenvalue weighted by atomic mass is 9.94. The standard InChI is InChI=1S/C32H57N5O9/c1-9-11-12-13-14-24-20(6)32(45)37(8)23(15-18(3)4)29(42)35-26(19(5)10-2)31(44)34-22(17-38)28(41)36-27(21(7)39)30(43)33-16-25(40)46-24/h18-24,26-27,38-39H,9-17H2,1-8H3,(H,33,43)(H,34,44)(H,35,42)(H,36,41)/t19-,20-,21-,22+,23-,24-,26+,27-/m0/s1. The van der Waals surface area contributed by atoms with Crippen LogP contribution in [0, 0.1) is 17.8 Å². The third-order valence-corrected chi connectivity index (χ3v) is 8.46. The van der Waals surface area contributed by atoms with Crippen molar-refractivity contribution in [3.05, 3.63) is 0 Å². The molecule has 46 heavy (non-hydrogen) atoms. The van der Waals surface area contributed by atoms with Crippen LogP contribution in [0.5, 0.6) is 0 Å². The van der Waals surface area contributed by atoms with Crippen molar-refractivity contribution in [2.75, 3.05) is 20.2 Å². The molecule has 0 aromatic carbocycles. The Morgan fingerprint density at radius 2 is 1.50 bits per heavy atom. The minimum atomic E-state index is -1.53. The molecule has 1 heterocycles. The summed E-state index contributed by atoms with van der Waals surface area (Å²) in [5.74, 6) is -5.66. The molecule has 1 saturated heterocycles. The molecule has 264 valence electrons. The topological polar surface area (TPSA) is 203 Å². The molecule has 8 atom stereocenters. The highest BCUT2D eigenvalue weighted by atomic mass is 16.5. The molecule has 0 radical (unpaired) electrons. The van der Waals surface area contributed by atoms with E-state index >= 15 is 0 Å². The molecule has 0 bridgehead atoms. The lowest BCUT2D eigenvalue weighted by Gasteiger charge is -2.34. The number of unbranched alkanes of at least 4 members (excludes halogenated alkanes) is 3. The molecule has 0 aromatic heterocycles. The SMILES string of the molecule is CCCCCC[C@@H]1OC(=O)CNC(=O)[C@H]([C@H](C)O)NC(=O)[C@@H](CO)NC(=O)[C@@H]([C@@H](C)CC)NC(=O)[C@H](CC(C)C)N(C)C(=O)[C@H]1C. The van der Waals surface area contributed by atoms with Crippen LogP contribution >= 0.6 is 0 Å². The van der Waals surface area contributed by atoms with Gasteiger partial charge in [-0.05, 0) is 38.0 Å². The normalized spacial score (nSPS) is 27.8. The van der Waals surface area contributed by atoms with Gasteiger partial charge in [0.15, 0.2) is 0 Å². The number of rotatable bonds is 11. The van der Waals surface area contributed by atoms with Crippen LogP contribution in [0.2, 0.25) is 0 Å². The Bertz CT molecular complexity index is 1040. The Kier molecular flexibility index (Phi) is 17.8. The maximum atomic E-state index is 13.9. The molecule has 1 aliphatic rings. The second-order valence-corrected chi connectivity index (χ2v) is 12.8. The lowest BCUT2D eigenvalue weighted by Crippen LogP contribution is -2.61. The van der Waals surface area contributed by atoms with Crippen molar-refractivity contribution in [3.8, 4) is 0 Å². The first kappa shape index (κ1) is 40.8. The van der Waals surface area contributed by atoms with E-state index < -0.39 is 96.9 Å². The highest BCUT2D eigenvalue weighted by Gasteiger charge is 2.38. The number of amides is 5. The molecule has 0 saturated carbocycles. The van der Waals surface area contributed by atoms with E-state index in [2.05, 4.69) is 28.2 Å². The zero-order valence-electron chi connectivity index (χ0n) is 28.8. The van der Waals surface area contributed by atoms with E-state index in [1.54, 1.807) is 13.8 Å². The Balaban J connectivity index is 3.62. The Morgan fingerprint density at radius 3 is 2.04 bits per heavy atom. The minimum absolute atomic E-state index is 0.00519. The molecule has 0 aromatic rings. The van der Waals surface area contributed by atoms with Gasteiger partial charge in [0.25, 0.3) is 0 Å². The molecule has 0 unspecified atom stereocenters. The zero-order chi connectivity index (χ0) is 35.1. The van der Waals surface area contributed by atoms with E-state index in [9.17, 15) is 39.0 Å². The van der Waals surface area contributed by atoms with Gasteiger partial charge >= 0.3 is 5.97 Å². The first-order chi connectivity index (χ1) is 21.6. The largest absolute Gasteiger partial charge is 0.460 e. The molecule has 1 fully saturated rings. The average Bonchev–Trinajstić information content (AvgIpc) is 3.01. The van der Waals surface area contributed by atoms with Crippen molar-refractivity contribution in [2.24, 2.45) is 17.8 Å². The molecular formula is C32H57N5O9. The van der Waals surface area contributed by atoms with Gasteiger partial charge in [0, 0.05) is 7.05 Å². The van der Waals surface area contributed by atoms with Crippen LogP contribution in [-0.4, -0.2) is 107 Å². The monoisotopic (exact) mass is 655 g/mol. The van der Waals surface area contributed by atoms with Gasteiger partial charge in [0.2, 0.25) is 29.5 Å². The second kappa shape index (κ2) is 20.1. The Hall–Kier alpha value is -3.26. The number of aliphatic hydroxyl groups excluding tert-OH is 2. The van der Waals surface area contributed by atoms with Gasteiger partial charge < -0.3 is 41.1 Å². The smallest absolute Gasteiger partial charge is 0.325 e. The van der Waals surface area contributed by atoms with Crippen LogP contribution in [0.25, 0.3) is 0 Å². The number of hydrogen-bond donors (Lipinski definition) is 6. The molecule has 5 amide bonds. The van der Waals surface area contributed by atoms with Crippen molar-refractivity contribution in [1.82, 2.24) is 26.2 Å². The maximum absolute atomic E-state index is 13.9. The van der Waals surface area contributed by atoms with Crippen LogP contribution in [0.15, 0.2) is 0 Å². The summed E-state index contributed by atoms with van der Waals surface area (Å²) >= 11 is 0. The fourth-order valence-electron chi connectivity index (χ4n) is 5.25. The maximum Gasteiger partial charge on any atom is 0.325 e. The van der Waals surface area contributed by atoms with Crippen molar-refractivity contribution in [2.45, 2.75) is 130 Å². The molecule has 0 aliphatic carbocycles. The molecule has 6 N–H and O–H groups in total. The van der Waals surface area contributed by atoms with Crippen LogP contribution in [-0.2, 0) is 33.5 Å². The number of carbonyl (C=O) groups excluding carboxylic acids is 6. The van der Waals surface area contributed by atoms with Crippen molar-refractivity contribution in [1.29, 1.82) is 0 Å². The number of nitrogens with one attached hydrogen (secondary N) is 4. The molecular weight excluding hydrogens is 598 g/mol. The number of cyclic esters (lactones) is 1. The molecule has 1 aliphatic heterocycles. The summed E-state index contributed by atoms with van der Waals surface area (Å²) in [7, 11) is 1.50. The first-order valence-corrected chi connectivity index (χ1v) is 16.5. The highest BCUT2D eigenvalue weighted by Crippen LogP contribution is 2.22. The van der Waals surface area contributed by atoms with Gasteiger partial charge in [-0.2, -0.15) is 0 Å². The second-order valence-electron chi connectivity index (χ2n) is 12.8. The quantitative estimate of drug-likeness (QED) is 0.134. The van der Waals surface area contributed by atoms with E-state index in [1.165, 1.54) is 18.9 Å². The summed E-state index contributed by atoms with van der Waals surface area (Å²) in [6, 6.07) is -5.15. The van der Waals surface area contributed by atoms with Gasteiger partial charge in [-0.1, -0.05) is 67.2 Å². The van der Waals surface area contributed by atoms with Crippen molar-refractivity contribution >= 4 is 35.5 Å². The summed E-state index contributed by atoms with van der Waals surface area (Å²) in [6.45, 7) is 10.9. The summed E-state index contributed by atoms with van der Waals surface area (Å²) in [6.07, 6.45) is 2.37. The number of hydrogen-bond acceptors (Lipinski definition) is 9. The minimum Gasteiger partial charge on any atom is -0.460 e. The van der Waals surface area contributed by atoms with Gasteiger partial charge in [-0.3, -0.25) is 28.8 Å². The average molecular weight is 656 g/mol. The summed E-state index contributed by atoms with van der Waals surface area (Å²) in [5.41, 5.74) is 0. The summed E-state index contributed by atoms with van der Waals surface area (Å²) in [4.78, 5) is 81.3. The number of ether oxygens (including phenoxy) is 1. The third-order valence-electron chi connectivity index (χ3n) is 8.46. The van der Waals surface area contributed by atoms with E-state index in [0.29, 0.717) is 19.3 Å². The molecule has 14 nitrogen and oxygen atoms in total. The van der Waals surface area contributed by atoms with Crippen molar-refractivity contribution < 1.29 is 43.7 Å². The van der Waals surface area contributed by atoms with Crippen LogP contribution in [0.3, 0.4) is 0 Å². The van der Waals surface area contributed by atoms with Gasteiger partial charge in [0.1, 0.15) is 36.8 Å². The van der Waals surface area contributed by atoms with E-state index in [0.717, 1.165) is 19.3 Å². The fourth-order valence-corrected chi connectivity index (χ4v) is 5.25. The van der Waals surface area contributed by atoms with Crippen molar-refractivity contribution in [3.63, 3.8) is 0 Å². The fraction of sp³-hybridized carbons (Fsp3) is 0.812. The highest BCUT2D eigenvalue weighted by molar-refractivity contribution is 5.96. The number of nitrogens with zero attached hydrogens (tertiary/aromatic N) is 1. The van der Waals surface area contributed by atoms with Gasteiger partial charge in [-0.25, -0.2) is 0 Å². The van der Waals surface area contributed by atoms with Gasteiger partial charge in [-0.15, -0.1) is 0 Å². The molecule has 14 heteroatoms. The van der Waals surface area contributed by atoms with Crippen LogP contribution < -0.4 is 21.3 Å². The summed E-state index contributed by atoms with van der Waals surface area (Å²) < 4.78 is 5.71. The molecule has 0 spiro atoms. The zero-order valence-corrected chi connectivity index (χ0v) is 28.8. The van der Waals surface area contributed by atoms with Crippen LogP contribution in [0.4, 0.5) is 0 Å². The Labute approximate surface area is 273 Å². The molecule has 1 rings (SSSR count). The number of carbonyl (C=O) groups is 6. The first-order valence-electron chi connectivity index (χ1n) is 16.5. The Morgan fingerprint density at radius 1 is 0.870 bits per heavy atom. The number of esters is 1. The van der Waals surface area contributed by atoms with Crippen LogP contribution in [0.1, 0.15) is 93.4 Å². The predicted octanol–water partition coefficient (Wildman–Crippen LogP) is 0.381. The third kappa shape index (κ3) is 12.5.